The van der Waals surface area contributed by atoms with Gasteiger partial charge in [-0.2, -0.15) is 8.42 Å². The van der Waals surface area contributed by atoms with Gasteiger partial charge < -0.3 is 0 Å². The number of hydrogen-bond acceptors (Lipinski definition) is 3. The summed E-state index contributed by atoms with van der Waals surface area (Å²) in [6.45, 7) is 0.274. The third-order valence-corrected chi connectivity index (χ3v) is 3.01. The highest BCUT2D eigenvalue weighted by atomic mass is 32.2. The summed E-state index contributed by atoms with van der Waals surface area (Å²) in [6, 6.07) is 8.04. The molecule has 0 bridgehead atoms. The summed E-state index contributed by atoms with van der Waals surface area (Å²) in [5, 5.41) is 0. The molecule has 1 aromatic rings. The molecule has 76 valence electrons. The van der Waals surface area contributed by atoms with E-state index < -0.39 is 10.1 Å². The standard InChI is InChI=1S/C10H12O3S/c1-14(11,12)13-7-9-6-8-4-2-3-5-10(8)9/h2-5,9H,6-7H2,1H3. The van der Waals surface area contributed by atoms with Crippen LogP contribution in [0.2, 0.25) is 0 Å². The highest BCUT2D eigenvalue weighted by molar-refractivity contribution is 7.85. The second-order valence-electron chi connectivity index (χ2n) is 3.59. The predicted molar refractivity (Wildman–Crippen MR) is 53.7 cm³/mol. The SMILES string of the molecule is CS(=O)(=O)OCC1Cc2ccccc21. The van der Waals surface area contributed by atoms with Crippen molar-refractivity contribution in [3.63, 3.8) is 0 Å². The van der Waals surface area contributed by atoms with Gasteiger partial charge in [0, 0.05) is 5.92 Å². The van der Waals surface area contributed by atoms with E-state index >= 15 is 0 Å². The van der Waals surface area contributed by atoms with Crippen molar-refractivity contribution < 1.29 is 12.6 Å². The Kier molecular flexibility index (Phi) is 2.33. The summed E-state index contributed by atoms with van der Waals surface area (Å²) in [5.41, 5.74) is 2.52. The maximum absolute atomic E-state index is 10.8. The van der Waals surface area contributed by atoms with Gasteiger partial charge in [0.05, 0.1) is 12.9 Å². The molecule has 14 heavy (non-hydrogen) atoms. The normalized spacial score (nSPS) is 19.9. The van der Waals surface area contributed by atoms with Crippen LogP contribution in [0.1, 0.15) is 17.0 Å². The maximum atomic E-state index is 10.8. The molecule has 1 unspecified atom stereocenters. The van der Waals surface area contributed by atoms with E-state index in [9.17, 15) is 8.42 Å². The van der Waals surface area contributed by atoms with Gasteiger partial charge in [-0.15, -0.1) is 0 Å². The summed E-state index contributed by atoms with van der Waals surface area (Å²) in [5.74, 6) is 0.251. The van der Waals surface area contributed by atoms with Crippen LogP contribution in [-0.4, -0.2) is 21.3 Å². The minimum absolute atomic E-state index is 0.251. The van der Waals surface area contributed by atoms with Crippen LogP contribution in [0, 0.1) is 0 Å². The molecule has 0 radical (unpaired) electrons. The fourth-order valence-corrected chi connectivity index (χ4v) is 2.13. The molecule has 0 saturated carbocycles. The fourth-order valence-electron chi connectivity index (χ4n) is 1.72. The molecular weight excluding hydrogens is 200 g/mol. The average Bonchev–Trinajstić information content (AvgIpc) is 2.04. The van der Waals surface area contributed by atoms with Crippen LogP contribution in [-0.2, 0) is 20.7 Å². The van der Waals surface area contributed by atoms with E-state index in [4.69, 9.17) is 4.18 Å². The summed E-state index contributed by atoms with van der Waals surface area (Å²) >= 11 is 0. The van der Waals surface area contributed by atoms with Gasteiger partial charge in [-0.3, -0.25) is 4.18 Å². The van der Waals surface area contributed by atoms with Crippen molar-refractivity contribution in [2.75, 3.05) is 12.9 Å². The molecule has 0 heterocycles. The molecule has 0 N–H and O–H groups in total. The molecule has 1 aromatic carbocycles. The van der Waals surface area contributed by atoms with E-state index in [-0.39, 0.29) is 12.5 Å². The smallest absolute Gasteiger partial charge is 0.264 e. The number of rotatable bonds is 3. The van der Waals surface area contributed by atoms with Crippen LogP contribution in [0.25, 0.3) is 0 Å². The van der Waals surface area contributed by atoms with Gasteiger partial charge in [0.1, 0.15) is 0 Å². The predicted octanol–water partition coefficient (Wildman–Crippen LogP) is 1.30. The van der Waals surface area contributed by atoms with Crippen LogP contribution in [0.4, 0.5) is 0 Å². The Morgan fingerprint density at radius 1 is 1.43 bits per heavy atom. The molecule has 0 fully saturated rings. The quantitative estimate of drug-likeness (QED) is 0.709. The summed E-state index contributed by atoms with van der Waals surface area (Å²) in [4.78, 5) is 0. The second-order valence-corrected chi connectivity index (χ2v) is 5.23. The fraction of sp³-hybridized carbons (Fsp3) is 0.400. The maximum Gasteiger partial charge on any atom is 0.264 e. The van der Waals surface area contributed by atoms with Gasteiger partial charge in [-0.1, -0.05) is 24.3 Å². The van der Waals surface area contributed by atoms with E-state index in [1.807, 2.05) is 18.2 Å². The number of hydrogen-bond donors (Lipinski definition) is 0. The third kappa shape index (κ3) is 1.96. The van der Waals surface area contributed by atoms with Crippen molar-refractivity contribution in [2.45, 2.75) is 12.3 Å². The van der Waals surface area contributed by atoms with E-state index in [0.717, 1.165) is 12.7 Å². The molecule has 0 spiro atoms. The Morgan fingerprint density at radius 2 is 2.14 bits per heavy atom. The first kappa shape index (κ1) is 9.68. The lowest BCUT2D eigenvalue weighted by atomic mass is 9.78. The van der Waals surface area contributed by atoms with Gasteiger partial charge in [0.2, 0.25) is 0 Å². The first-order chi connectivity index (χ1) is 6.56. The largest absolute Gasteiger partial charge is 0.270 e. The summed E-state index contributed by atoms with van der Waals surface area (Å²) in [6.07, 6.45) is 2.00. The Bertz CT molecular complexity index is 436. The molecule has 0 amide bonds. The molecule has 0 aromatic heterocycles. The molecular formula is C10H12O3S. The Hall–Kier alpha value is -0.870. The number of benzene rings is 1. The molecule has 1 aliphatic rings. The van der Waals surface area contributed by atoms with Gasteiger partial charge in [0.25, 0.3) is 10.1 Å². The van der Waals surface area contributed by atoms with Gasteiger partial charge in [0.15, 0.2) is 0 Å². The van der Waals surface area contributed by atoms with Crippen LogP contribution in [0.15, 0.2) is 24.3 Å². The molecule has 2 rings (SSSR count). The molecule has 0 aliphatic heterocycles. The number of fused-ring (bicyclic) bond motifs is 1. The van der Waals surface area contributed by atoms with Crippen molar-refractivity contribution in [3.05, 3.63) is 35.4 Å². The van der Waals surface area contributed by atoms with Gasteiger partial charge in [-0.25, -0.2) is 0 Å². The second kappa shape index (κ2) is 3.37. The zero-order valence-electron chi connectivity index (χ0n) is 7.93. The molecule has 4 heteroatoms. The monoisotopic (exact) mass is 212 g/mol. The van der Waals surface area contributed by atoms with E-state index in [1.54, 1.807) is 0 Å². The molecule has 1 atom stereocenters. The average molecular weight is 212 g/mol. The first-order valence-electron chi connectivity index (χ1n) is 4.48. The highest BCUT2D eigenvalue weighted by Gasteiger charge is 2.26. The first-order valence-corrected chi connectivity index (χ1v) is 6.30. The van der Waals surface area contributed by atoms with Gasteiger partial charge in [-0.05, 0) is 17.5 Å². The highest BCUT2D eigenvalue weighted by Crippen LogP contribution is 2.34. The Labute approximate surface area is 83.8 Å². The minimum atomic E-state index is -3.30. The van der Waals surface area contributed by atoms with E-state index in [1.165, 1.54) is 11.1 Å². The van der Waals surface area contributed by atoms with Crippen molar-refractivity contribution in [1.29, 1.82) is 0 Å². The molecule has 3 nitrogen and oxygen atoms in total. The molecule has 1 aliphatic carbocycles. The van der Waals surface area contributed by atoms with Crippen LogP contribution in [0.5, 0.6) is 0 Å². The van der Waals surface area contributed by atoms with Crippen molar-refractivity contribution in [3.8, 4) is 0 Å². The van der Waals surface area contributed by atoms with Gasteiger partial charge >= 0.3 is 0 Å². The lowest BCUT2D eigenvalue weighted by molar-refractivity contribution is 0.282. The topological polar surface area (TPSA) is 43.4 Å². The van der Waals surface area contributed by atoms with Crippen molar-refractivity contribution in [2.24, 2.45) is 0 Å². The lowest BCUT2D eigenvalue weighted by Gasteiger charge is -2.29. The van der Waals surface area contributed by atoms with E-state index in [0.29, 0.717) is 0 Å². The lowest BCUT2D eigenvalue weighted by Crippen LogP contribution is -2.23. The minimum Gasteiger partial charge on any atom is -0.270 e. The van der Waals surface area contributed by atoms with Crippen LogP contribution in [0.3, 0.4) is 0 Å². The van der Waals surface area contributed by atoms with E-state index in [2.05, 4.69) is 6.07 Å². The third-order valence-electron chi connectivity index (χ3n) is 2.44. The molecule has 0 saturated heterocycles. The Morgan fingerprint density at radius 3 is 2.79 bits per heavy atom. The van der Waals surface area contributed by atoms with Crippen molar-refractivity contribution >= 4 is 10.1 Å². The van der Waals surface area contributed by atoms with Crippen molar-refractivity contribution in [1.82, 2.24) is 0 Å². The summed E-state index contributed by atoms with van der Waals surface area (Å²) < 4.78 is 26.3. The van der Waals surface area contributed by atoms with Crippen LogP contribution < -0.4 is 0 Å². The van der Waals surface area contributed by atoms with Crippen LogP contribution >= 0.6 is 0 Å². The Balaban J connectivity index is 2.00. The zero-order chi connectivity index (χ0) is 10.2. The zero-order valence-corrected chi connectivity index (χ0v) is 8.75. The summed E-state index contributed by atoms with van der Waals surface area (Å²) in [7, 11) is -3.30.